The molecule has 0 fully saturated rings. The number of hydrogen-bond acceptors (Lipinski definition) is 5. The Morgan fingerprint density at radius 3 is 2.22 bits per heavy atom. The molecule has 1 aromatic heterocycles. The van der Waals surface area contributed by atoms with Gasteiger partial charge in [-0.1, -0.05) is 104 Å². The number of rotatable bonds is 11. The molecule has 5 aromatic rings. The van der Waals surface area contributed by atoms with Gasteiger partial charge in [0.15, 0.2) is 5.76 Å². The minimum atomic E-state index is -4.06. The first-order valence-electron chi connectivity index (χ1n) is 15.1. The number of carbonyl (C=O) groups excluding carboxylic acids is 1. The van der Waals surface area contributed by atoms with E-state index < -0.39 is 15.9 Å². The summed E-state index contributed by atoms with van der Waals surface area (Å²) in [5, 5.41) is 7.92. The van der Waals surface area contributed by atoms with Gasteiger partial charge in [0.25, 0.3) is 16.0 Å². The van der Waals surface area contributed by atoms with Crippen molar-refractivity contribution in [3.8, 4) is 22.5 Å². The lowest BCUT2D eigenvalue weighted by atomic mass is 9.83. The zero-order valence-electron chi connectivity index (χ0n) is 26.0. The molecule has 1 unspecified atom stereocenters. The summed E-state index contributed by atoms with van der Waals surface area (Å²) >= 11 is 6.09. The summed E-state index contributed by atoms with van der Waals surface area (Å²) in [5.41, 5.74) is 7.66. The van der Waals surface area contributed by atoms with E-state index in [1.807, 2.05) is 60.7 Å². The molecule has 0 saturated heterocycles. The quantitative estimate of drug-likeness (QED) is 0.109. The highest BCUT2D eigenvalue weighted by Gasteiger charge is 2.22. The van der Waals surface area contributed by atoms with Crippen LogP contribution in [0.5, 0.6) is 0 Å². The summed E-state index contributed by atoms with van der Waals surface area (Å²) in [5.74, 6) is -0.144. The third-order valence-corrected chi connectivity index (χ3v) is 8.97. The smallest absolute Gasteiger partial charge is 0.264 e. The topological polar surface area (TPSA) is 110 Å². The first-order chi connectivity index (χ1) is 21.9. The Kier molecular flexibility index (Phi) is 10.1. The molecule has 4 aromatic carbocycles. The summed E-state index contributed by atoms with van der Waals surface area (Å²) in [4.78, 5) is 12.6. The molecule has 7 nitrogen and oxygen atoms in total. The maximum Gasteiger partial charge on any atom is 0.264 e. The lowest BCUT2D eigenvalue weighted by molar-refractivity contribution is 0.0953. The van der Waals surface area contributed by atoms with Gasteiger partial charge in [-0.3, -0.25) is 9.35 Å². The van der Waals surface area contributed by atoms with E-state index in [4.69, 9.17) is 20.7 Å². The molecule has 0 aliphatic heterocycles. The van der Waals surface area contributed by atoms with Crippen LogP contribution in [-0.2, 0) is 22.0 Å². The highest BCUT2D eigenvalue weighted by molar-refractivity contribution is 7.85. The Bertz CT molecular complexity index is 1890. The summed E-state index contributed by atoms with van der Waals surface area (Å²) in [6, 6.07) is 33.8. The van der Waals surface area contributed by atoms with Crippen molar-refractivity contribution >= 4 is 27.6 Å². The zero-order valence-corrected chi connectivity index (χ0v) is 27.6. The van der Waals surface area contributed by atoms with Crippen LogP contribution in [-0.4, -0.2) is 36.3 Å². The Morgan fingerprint density at radius 2 is 1.57 bits per heavy atom. The standard InChI is InChI=1S/C37H37ClN2O5S/c1-37(2,3)31-16-12-27(13-17-31)33(22-25-8-10-28(11-9-25)36(41)39-20-5-21-46(42,43)44)34-24-35(45-40-34)30-7-4-6-29(23-30)26-14-18-32(38)19-15-26/h4,6-19,23-24,33H,5,20-22H2,1-3H3,(H,39,41)(H,42,43,44). The molecule has 238 valence electrons. The Labute approximate surface area is 275 Å². The normalized spacial score (nSPS) is 12.5. The number of amides is 1. The first-order valence-corrected chi connectivity index (χ1v) is 17.1. The second-order valence-electron chi connectivity index (χ2n) is 12.4. The van der Waals surface area contributed by atoms with Crippen molar-refractivity contribution in [1.29, 1.82) is 0 Å². The molecule has 1 amide bonds. The molecule has 2 N–H and O–H groups in total. The van der Waals surface area contributed by atoms with Crippen LogP contribution in [0.15, 0.2) is 108 Å². The van der Waals surface area contributed by atoms with Crippen molar-refractivity contribution in [2.24, 2.45) is 0 Å². The maximum atomic E-state index is 12.6. The van der Waals surface area contributed by atoms with Crippen molar-refractivity contribution in [2.75, 3.05) is 12.3 Å². The van der Waals surface area contributed by atoms with Crippen molar-refractivity contribution in [3.63, 3.8) is 0 Å². The zero-order chi connectivity index (χ0) is 32.9. The maximum absolute atomic E-state index is 12.6. The van der Waals surface area contributed by atoms with E-state index in [0.29, 0.717) is 22.8 Å². The molecule has 0 saturated carbocycles. The fraction of sp³-hybridized carbons (Fsp3) is 0.243. The van der Waals surface area contributed by atoms with Gasteiger partial charge in [0.1, 0.15) is 0 Å². The van der Waals surface area contributed by atoms with Crippen molar-refractivity contribution in [1.82, 2.24) is 10.5 Å². The van der Waals surface area contributed by atoms with Gasteiger partial charge in [-0.15, -0.1) is 0 Å². The second-order valence-corrected chi connectivity index (χ2v) is 14.4. The lowest BCUT2D eigenvalue weighted by Gasteiger charge is -2.21. The van der Waals surface area contributed by atoms with Crippen LogP contribution < -0.4 is 5.32 Å². The minimum absolute atomic E-state index is 0.0208. The minimum Gasteiger partial charge on any atom is -0.356 e. The first kappa shape index (κ1) is 33.1. The molecule has 0 spiro atoms. The Balaban J connectivity index is 1.38. The van der Waals surface area contributed by atoms with Crippen LogP contribution in [0, 0.1) is 0 Å². The largest absolute Gasteiger partial charge is 0.356 e. The molecule has 0 aliphatic rings. The molecular weight excluding hydrogens is 620 g/mol. The second kappa shape index (κ2) is 14.0. The molecule has 1 atom stereocenters. The van der Waals surface area contributed by atoms with Gasteiger partial charge in [-0.25, -0.2) is 0 Å². The molecule has 0 bridgehead atoms. The average Bonchev–Trinajstić information content (AvgIpc) is 3.52. The number of nitrogens with one attached hydrogen (secondary N) is 1. The number of aromatic nitrogens is 1. The fourth-order valence-corrected chi connectivity index (χ4v) is 5.91. The summed E-state index contributed by atoms with van der Waals surface area (Å²) in [7, 11) is -4.06. The third-order valence-electron chi connectivity index (χ3n) is 7.91. The molecule has 5 rings (SSSR count). The van der Waals surface area contributed by atoms with Crippen LogP contribution in [0.3, 0.4) is 0 Å². The number of benzene rings is 4. The van der Waals surface area contributed by atoms with Gasteiger partial charge in [-0.2, -0.15) is 8.42 Å². The van der Waals surface area contributed by atoms with Gasteiger partial charge in [-0.05, 0) is 76.4 Å². The lowest BCUT2D eigenvalue weighted by Crippen LogP contribution is -2.25. The molecule has 0 aliphatic carbocycles. The van der Waals surface area contributed by atoms with E-state index in [1.165, 1.54) is 5.56 Å². The van der Waals surface area contributed by atoms with E-state index in [9.17, 15) is 13.2 Å². The predicted molar refractivity (Wildman–Crippen MR) is 183 cm³/mol. The highest BCUT2D eigenvalue weighted by atomic mass is 35.5. The number of carbonyl (C=O) groups is 1. The Morgan fingerprint density at radius 1 is 0.891 bits per heavy atom. The SMILES string of the molecule is CC(C)(C)c1ccc(C(Cc2ccc(C(=O)NCCCS(=O)(=O)O)cc2)c2cc(-c3cccc(-c4ccc(Cl)cc4)c3)on2)cc1. The van der Waals surface area contributed by atoms with Gasteiger partial charge in [0.2, 0.25) is 0 Å². The van der Waals surface area contributed by atoms with Crippen molar-refractivity contribution in [3.05, 3.63) is 136 Å². The Hall–Kier alpha value is -4.24. The van der Waals surface area contributed by atoms with Crippen molar-refractivity contribution in [2.45, 2.75) is 44.9 Å². The summed E-state index contributed by atoms with van der Waals surface area (Å²) < 4.78 is 36.6. The van der Waals surface area contributed by atoms with Crippen LogP contribution in [0.25, 0.3) is 22.5 Å². The van der Waals surface area contributed by atoms with E-state index in [0.717, 1.165) is 33.5 Å². The van der Waals surface area contributed by atoms with E-state index >= 15 is 0 Å². The predicted octanol–water partition coefficient (Wildman–Crippen LogP) is 8.34. The average molecular weight is 657 g/mol. The van der Waals surface area contributed by atoms with Gasteiger partial charge in [0.05, 0.1) is 11.4 Å². The molecular formula is C37H37ClN2O5S. The monoisotopic (exact) mass is 656 g/mol. The van der Waals surface area contributed by atoms with Crippen LogP contribution >= 0.6 is 11.6 Å². The van der Waals surface area contributed by atoms with Gasteiger partial charge < -0.3 is 9.84 Å². The number of halogens is 1. The van der Waals surface area contributed by atoms with Crippen LogP contribution in [0.1, 0.15) is 65.9 Å². The van der Waals surface area contributed by atoms with Crippen molar-refractivity contribution < 1.29 is 22.3 Å². The van der Waals surface area contributed by atoms with Gasteiger partial charge >= 0.3 is 0 Å². The highest BCUT2D eigenvalue weighted by Crippen LogP contribution is 2.34. The summed E-state index contributed by atoms with van der Waals surface area (Å²) in [6.45, 7) is 6.71. The summed E-state index contributed by atoms with van der Waals surface area (Å²) in [6.07, 6.45) is 0.755. The van der Waals surface area contributed by atoms with Crippen LogP contribution in [0.2, 0.25) is 5.02 Å². The number of nitrogens with zero attached hydrogens (tertiary/aromatic N) is 1. The number of hydrogen-bond donors (Lipinski definition) is 2. The van der Waals surface area contributed by atoms with E-state index in [-0.39, 0.29) is 30.2 Å². The van der Waals surface area contributed by atoms with Crippen LogP contribution in [0.4, 0.5) is 0 Å². The molecule has 0 radical (unpaired) electrons. The van der Waals surface area contributed by atoms with E-state index in [1.54, 1.807) is 12.1 Å². The molecule has 9 heteroatoms. The fourth-order valence-electron chi connectivity index (χ4n) is 5.28. The van der Waals surface area contributed by atoms with E-state index in [2.05, 4.69) is 61.6 Å². The molecule has 1 heterocycles. The molecule has 46 heavy (non-hydrogen) atoms. The third kappa shape index (κ3) is 8.72. The van der Waals surface area contributed by atoms with Gasteiger partial charge in [0, 0.05) is 34.7 Å².